The normalized spacial score (nSPS) is 13.3. The predicted molar refractivity (Wildman–Crippen MR) is 120 cm³/mol. The minimum atomic E-state index is -0.0190. The molecule has 7 heteroatoms. The van der Waals surface area contributed by atoms with E-state index in [4.69, 9.17) is 33.0 Å². The molecule has 0 saturated heterocycles. The minimum Gasteiger partial charge on any atom is -0.497 e. The third-order valence-electron chi connectivity index (χ3n) is 5.28. The van der Waals surface area contributed by atoms with Crippen LogP contribution in [0.25, 0.3) is 16.9 Å². The van der Waals surface area contributed by atoms with Crippen LogP contribution in [-0.2, 0) is 11.3 Å². The van der Waals surface area contributed by atoms with Gasteiger partial charge in [-0.3, -0.25) is 4.79 Å². The summed E-state index contributed by atoms with van der Waals surface area (Å²) in [7, 11) is 1.65. The fourth-order valence-electron chi connectivity index (χ4n) is 3.45. The van der Waals surface area contributed by atoms with Crippen LogP contribution in [-0.4, -0.2) is 22.8 Å². The lowest BCUT2D eigenvalue weighted by atomic mass is 10.0. The Labute approximate surface area is 185 Å². The molecule has 1 aliphatic carbocycles. The standard InChI is InChI=1S/C23H23Cl2N3O2/c1-3-21(29)26-13-15-6-11-18(24)23(25)22(15)19-12-20(14-4-5-14)28(27-19)16-7-9-17(30-2)10-8-16/h6-12,14H,3-5,13H2,1-2H3,(H,26,29). The number of nitrogens with one attached hydrogen (secondary N) is 1. The van der Waals surface area contributed by atoms with Crippen LogP contribution in [0.1, 0.15) is 43.4 Å². The fourth-order valence-corrected chi connectivity index (χ4v) is 3.89. The highest BCUT2D eigenvalue weighted by atomic mass is 35.5. The van der Waals surface area contributed by atoms with Crippen molar-refractivity contribution in [3.05, 3.63) is 63.8 Å². The van der Waals surface area contributed by atoms with Gasteiger partial charge in [0.05, 0.1) is 28.5 Å². The molecule has 1 saturated carbocycles. The summed E-state index contributed by atoms with van der Waals surface area (Å²) < 4.78 is 7.24. The second-order valence-corrected chi connectivity index (χ2v) is 8.15. The first-order valence-electron chi connectivity index (χ1n) is 10.00. The summed E-state index contributed by atoms with van der Waals surface area (Å²) in [6.07, 6.45) is 2.71. The van der Waals surface area contributed by atoms with E-state index >= 15 is 0 Å². The first kappa shape index (κ1) is 20.8. The molecule has 0 radical (unpaired) electrons. The van der Waals surface area contributed by atoms with Gasteiger partial charge in [0.1, 0.15) is 5.75 Å². The van der Waals surface area contributed by atoms with Gasteiger partial charge in [-0.05, 0) is 54.8 Å². The maximum atomic E-state index is 11.8. The molecule has 0 unspecified atom stereocenters. The van der Waals surface area contributed by atoms with Gasteiger partial charge in [-0.15, -0.1) is 0 Å². The van der Waals surface area contributed by atoms with Gasteiger partial charge >= 0.3 is 0 Å². The fraction of sp³-hybridized carbons (Fsp3) is 0.304. The van der Waals surface area contributed by atoms with Crippen LogP contribution in [0.4, 0.5) is 0 Å². The third kappa shape index (κ3) is 4.18. The third-order valence-corrected chi connectivity index (χ3v) is 6.09. The smallest absolute Gasteiger partial charge is 0.219 e. The average molecular weight is 444 g/mol. The molecule has 0 aliphatic heterocycles. The second-order valence-electron chi connectivity index (χ2n) is 7.36. The molecular weight excluding hydrogens is 421 g/mol. The van der Waals surface area contributed by atoms with Gasteiger partial charge in [-0.2, -0.15) is 5.10 Å². The van der Waals surface area contributed by atoms with E-state index in [2.05, 4.69) is 11.4 Å². The summed E-state index contributed by atoms with van der Waals surface area (Å²) in [5, 5.41) is 8.72. The molecule has 0 bridgehead atoms. The number of carbonyl (C=O) groups is 1. The number of rotatable bonds is 7. The molecule has 2 aromatic carbocycles. The van der Waals surface area contributed by atoms with Crippen molar-refractivity contribution in [1.82, 2.24) is 15.1 Å². The van der Waals surface area contributed by atoms with Crippen molar-refractivity contribution < 1.29 is 9.53 Å². The Morgan fingerprint density at radius 3 is 2.57 bits per heavy atom. The van der Waals surface area contributed by atoms with Crippen molar-refractivity contribution >= 4 is 29.1 Å². The second kappa shape index (κ2) is 8.70. The van der Waals surface area contributed by atoms with E-state index in [1.165, 1.54) is 0 Å². The van der Waals surface area contributed by atoms with Gasteiger partial charge in [0.2, 0.25) is 5.91 Å². The van der Waals surface area contributed by atoms with Gasteiger partial charge in [0.15, 0.2) is 0 Å². The lowest BCUT2D eigenvalue weighted by Crippen LogP contribution is -2.21. The number of amides is 1. The molecule has 0 atom stereocenters. The predicted octanol–water partition coefficient (Wildman–Crippen LogP) is 5.76. The molecule has 1 aromatic heterocycles. The molecule has 3 aromatic rings. The number of benzene rings is 2. The number of halogens is 2. The van der Waals surface area contributed by atoms with Crippen molar-refractivity contribution in [2.75, 3.05) is 7.11 Å². The van der Waals surface area contributed by atoms with E-state index < -0.39 is 0 Å². The van der Waals surface area contributed by atoms with Crippen LogP contribution in [0.3, 0.4) is 0 Å². The molecule has 5 nitrogen and oxygen atoms in total. The highest BCUT2D eigenvalue weighted by Gasteiger charge is 2.30. The zero-order valence-electron chi connectivity index (χ0n) is 16.9. The van der Waals surface area contributed by atoms with Crippen LogP contribution in [0.15, 0.2) is 42.5 Å². The molecule has 1 N–H and O–H groups in total. The summed E-state index contributed by atoms with van der Waals surface area (Å²) in [4.78, 5) is 11.8. The Bertz CT molecular complexity index is 1070. The SMILES string of the molecule is CCC(=O)NCc1ccc(Cl)c(Cl)c1-c1cc(C2CC2)n(-c2ccc(OC)cc2)n1. The summed E-state index contributed by atoms with van der Waals surface area (Å²) in [5.74, 6) is 1.26. The molecule has 1 heterocycles. The largest absolute Gasteiger partial charge is 0.497 e. The molecular formula is C23H23Cl2N3O2. The van der Waals surface area contributed by atoms with E-state index in [0.29, 0.717) is 28.9 Å². The van der Waals surface area contributed by atoms with Crippen molar-refractivity contribution in [2.24, 2.45) is 0 Å². The minimum absolute atomic E-state index is 0.0190. The molecule has 1 aliphatic rings. The topological polar surface area (TPSA) is 56.2 Å². The number of aromatic nitrogens is 2. The van der Waals surface area contributed by atoms with E-state index in [1.807, 2.05) is 41.9 Å². The number of methoxy groups -OCH3 is 1. The van der Waals surface area contributed by atoms with Crippen molar-refractivity contribution in [2.45, 2.75) is 38.6 Å². The summed E-state index contributed by atoms with van der Waals surface area (Å²) in [6, 6.07) is 13.6. The van der Waals surface area contributed by atoms with Crippen LogP contribution in [0.5, 0.6) is 5.75 Å². The van der Waals surface area contributed by atoms with Crippen LogP contribution in [0.2, 0.25) is 10.0 Å². The zero-order valence-corrected chi connectivity index (χ0v) is 18.4. The van der Waals surface area contributed by atoms with E-state index in [-0.39, 0.29) is 5.91 Å². The van der Waals surface area contributed by atoms with Gasteiger partial charge in [0.25, 0.3) is 0 Å². The number of hydrogen-bond acceptors (Lipinski definition) is 3. The first-order valence-corrected chi connectivity index (χ1v) is 10.8. The highest BCUT2D eigenvalue weighted by molar-refractivity contribution is 6.43. The molecule has 0 spiro atoms. The monoisotopic (exact) mass is 443 g/mol. The molecule has 1 amide bonds. The lowest BCUT2D eigenvalue weighted by molar-refractivity contribution is -0.120. The Balaban J connectivity index is 1.79. The van der Waals surface area contributed by atoms with Crippen LogP contribution < -0.4 is 10.1 Å². The number of carbonyl (C=O) groups excluding carboxylic acids is 1. The first-order chi connectivity index (χ1) is 14.5. The van der Waals surface area contributed by atoms with Gasteiger partial charge < -0.3 is 10.1 Å². The Morgan fingerprint density at radius 2 is 1.93 bits per heavy atom. The van der Waals surface area contributed by atoms with Gasteiger partial charge in [-0.25, -0.2) is 4.68 Å². The summed E-state index contributed by atoms with van der Waals surface area (Å²) in [5.41, 5.74) is 4.50. The van der Waals surface area contributed by atoms with Crippen molar-refractivity contribution in [3.63, 3.8) is 0 Å². The van der Waals surface area contributed by atoms with E-state index in [9.17, 15) is 4.79 Å². The Hall–Kier alpha value is -2.50. The lowest BCUT2D eigenvalue weighted by Gasteiger charge is -2.12. The Kier molecular flexibility index (Phi) is 6.02. The average Bonchev–Trinajstić information content (AvgIpc) is 3.53. The molecule has 156 valence electrons. The quantitative estimate of drug-likeness (QED) is 0.504. The number of nitrogens with zero attached hydrogens (tertiary/aromatic N) is 2. The Morgan fingerprint density at radius 1 is 1.20 bits per heavy atom. The molecule has 1 fully saturated rings. The van der Waals surface area contributed by atoms with Gasteiger partial charge in [0, 0.05) is 30.1 Å². The number of ether oxygens (including phenoxy) is 1. The summed E-state index contributed by atoms with van der Waals surface area (Å²) >= 11 is 12.9. The van der Waals surface area contributed by atoms with Crippen molar-refractivity contribution in [3.8, 4) is 22.7 Å². The maximum absolute atomic E-state index is 11.8. The summed E-state index contributed by atoms with van der Waals surface area (Å²) in [6.45, 7) is 2.19. The van der Waals surface area contributed by atoms with Crippen LogP contribution in [0, 0.1) is 0 Å². The highest BCUT2D eigenvalue weighted by Crippen LogP contribution is 2.44. The van der Waals surface area contributed by atoms with E-state index in [1.54, 1.807) is 13.2 Å². The van der Waals surface area contributed by atoms with Gasteiger partial charge in [-0.1, -0.05) is 36.2 Å². The molecule has 4 rings (SSSR count). The zero-order chi connectivity index (χ0) is 21.3. The maximum Gasteiger partial charge on any atom is 0.219 e. The van der Waals surface area contributed by atoms with Crippen LogP contribution >= 0.6 is 23.2 Å². The van der Waals surface area contributed by atoms with Crippen molar-refractivity contribution in [1.29, 1.82) is 0 Å². The molecule has 30 heavy (non-hydrogen) atoms. The van der Waals surface area contributed by atoms with E-state index in [0.717, 1.165) is 46.8 Å². The number of hydrogen-bond donors (Lipinski definition) is 1.